The van der Waals surface area contributed by atoms with E-state index in [-0.39, 0.29) is 0 Å². The summed E-state index contributed by atoms with van der Waals surface area (Å²) >= 11 is 1.62. The molecule has 3 N–H and O–H groups in total. The molecule has 2 aromatic carbocycles. The van der Waals surface area contributed by atoms with Crippen molar-refractivity contribution in [2.24, 2.45) is 4.99 Å². The average molecular weight is 434 g/mol. The Morgan fingerprint density at radius 2 is 1.90 bits per heavy atom. The smallest absolute Gasteiger partial charge is 0.191 e. The van der Waals surface area contributed by atoms with E-state index in [0.717, 1.165) is 28.9 Å². The molecule has 0 radical (unpaired) electrons. The molecule has 0 aliphatic rings. The fraction of sp³-hybridized carbons (Fsp3) is 0.250. The van der Waals surface area contributed by atoms with Crippen LogP contribution in [0.1, 0.15) is 29.0 Å². The van der Waals surface area contributed by atoms with Crippen LogP contribution in [-0.2, 0) is 13.1 Å². The number of aromatic nitrogens is 2. The van der Waals surface area contributed by atoms with Crippen LogP contribution < -0.4 is 10.6 Å². The number of thiophene rings is 1. The zero-order valence-electron chi connectivity index (χ0n) is 17.5. The highest BCUT2D eigenvalue weighted by Crippen LogP contribution is 2.29. The maximum absolute atomic E-state index is 10.6. The quantitative estimate of drug-likeness (QED) is 0.291. The molecule has 0 fully saturated rings. The number of aliphatic imine (C=N–C) groups is 1. The third-order valence-electron chi connectivity index (χ3n) is 4.87. The van der Waals surface area contributed by atoms with Crippen LogP contribution in [0.2, 0.25) is 0 Å². The molecule has 4 aromatic rings. The minimum Gasteiger partial charge on any atom is -0.386 e. The maximum Gasteiger partial charge on any atom is 0.191 e. The molecule has 0 aliphatic heterocycles. The molecule has 31 heavy (non-hydrogen) atoms. The van der Waals surface area contributed by atoms with Gasteiger partial charge in [0, 0.05) is 34.4 Å². The van der Waals surface area contributed by atoms with Crippen LogP contribution in [0.15, 0.2) is 78.0 Å². The number of aliphatic hydroxyl groups excluding tert-OH is 1. The van der Waals surface area contributed by atoms with E-state index in [1.807, 2.05) is 54.3 Å². The molecule has 6 nitrogen and oxygen atoms in total. The van der Waals surface area contributed by atoms with Crippen molar-refractivity contribution in [2.45, 2.75) is 26.1 Å². The van der Waals surface area contributed by atoms with Gasteiger partial charge in [-0.2, -0.15) is 5.10 Å². The summed E-state index contributed by atoms with van der Waals surface area (Å²) in [6.45, 7) is 4.43. The minimum absolute atomic E-state index is 0.395. The minimum atomic E-state index is -0.588. The first-order chi connectivity index (χ1) is 15.2. The van der Waals surface area contributed by atoms with Crippen molar-refractivity contribution in [3.05, 3.63) is 89.1 Å². The van der Waals surface area contributed by atoms with Crippen molar-refractivity contribution in [2.75, 3.05) is 13.1 Å². The van der Waals surface area contributed by atoms with Crippen molar-refractivity contribution in [3.63, 3.8) is 0 Å². The van der Waals surface area contributed by atoms with E-state index in [9.17, 15) is 5.11 Å². The molecule has 1 unspecified atom stereocenters. The first-order valence-electron chi connectivity index (χ1n) is 10.4. The molecule has 1 atom stereocenters. The Bertz CT molecular complexity index is 1100. The largest absolute Gasteiger partial charge is 0.386 e. The van der Waals surface area contributed by atoms with Crippen LogP contribution in [0.5, 0.6) is 0 Å². The predicted octanol–water partition coefficient (Wildman–Crippen LogP) is 3.93. The summed E-state index contributed by atoms with van der Waals surface area (Å²) in [6.07, 6.45) is 3.28. The number of fused-ring (bicyclic) bond motifs is 1. The van der Waals surface area contributed by atoms with Crippen molar-refractivity contribution < 1.29 is 5.11 Å². The lowest BCUT2D eigenvalue weighted by Gasteiger charge is -2.14. The Hall–Kier alpha value is -3.16. The molecule has 0 aliphatic carbocycles. The zero-order chi connectivity index (χ0) is 21.5. The predicted molar refractivity (Wildman–Crippen MR) is 127 cm³/mol. The second-order valence-corrected chi connectivity index (χ2v) is 8.43. The van der Waals surface area contributed by atoms with E-state index in [4.69, 9.17) is 0 Å². The van der Waals surface area contributed by atoms with Gasteiger partial charge in [0.15, 0.2) is 5.96 Å². The molecule has 0 spiro atoms. The number of benzene rings is 2. The summed E-state index contributed by atoms with van der Waals surface area (Å²) in [7, 11) is 0. The van der Waals surface area contributed by atoms with E-state index < -0.39 is 6.10 Å². The lowest BCUT2D eigenvalue weighted by molar-refractivity contribution is 0.184. The zero-order valence-corrected chi connectivity index (χ0v) is 18.3. The number of hydrogen-bond donors (Lipinski definition) is 3. The highest BCUT2D eigenvalue weighted by Gasteiger charge is 2.12. The molecule has 7 heteroatoms. The molecule has 2 heterocycles. The van der Waals surface area contributed by atoms with Crippen molar-refractivity contribution in [3.8, 4) is 0 Å². The topological polar surface area (TPSA) is 74.5 Å². The van der Waals surface area contributed by atoms with Crippen molar-refractivity contribution >= 4 is 27.4 Å². The molecule has 0 saturated heterocycles. The SMILES string of the molecule is CCNC(=NCc1cnn(Cc2ccccc2)c1)NCC(O)c1cc2ccccc2s1. The fourth-order valence-corrected chi connectivity index (χ4v) is 4.37. The Morgan fingerprint density at radius 1 is 1.10 bits per heavy atom. The van der Waals surface area contributed by atoms with Gasteiger partial charge < -0.3 is 15.7 Å². The van der Waals surface area contributed by atoms with Gasteiger partial charge in [0.1, 0.15) is 6.10 Å². The summed E-state index contributed by atoms with van der Waals surface area (Å²) in [6, 6.07) is 20.5. The van der Waals surface area contributed by atoms with Gasteiger partial charge in [0.05, 0.1) is 19.3 Å². The normalized spacial score (nSPS) is 12.8. The molecule has 0 saturated carbocycles. The Balaban J connectivity index is 1.34. The third-order valence-corrected chi connectivity index (χ3v) is 6.09. The van der Waals surface area contributed by atoms with Crippen LogP contribution in [0, 0.1) is 0 Å². The monoisotopic (exact) mass is 433 g/mol. The van der Waals surface area contributed by atoms with E-state index in [1.165, 1.54) is 10.3 Å². The highest BCUT2D eigenvalue weighted by atomic mass is 32.1. The fourth-order valence-electron chi connectivity index (χ4n) is 3.32. The van der Waals surface area contributed by atoms with E-state index in [2.05, 4.69) is 51.1 Å². The van der Waals surface area contributed by atoms with Crippen LogP contribution >= 0.6 is 11.3 Å². The number of nitrogens with one attached hydrogen (secondary N) is 2. The molecule has 160 valence electrons. The second kappa shape index (κ2) is 10.2. The first kappa shape index (κ1) is 21.1. The maximum atomic E-state index is 10.6. The molecule has 2 aromatic heterocycles. The van der Waals surface area contributed by atoms with Gasteiger partial charge in [-0.25, -0.2) is 4.99 Å². The molecule has 0 amide bonds. The van der Waals surface area contributed by atoms with E-state index >= 15 is 0 Å². The van der Waals surface area contributed by atoms with Gasteiger partial charge in [-0.3, -0.25) is 4.68 Å². The van der Waals surface area contributed by atoms with Gasteiger partial charge in [-0.05, 0) is 30.0 Å². The third kappa shape index (κ3) is 5.71. The van der Waals surface area contributed by atoms with E-state index in [1.54, 1.807) is 11.3 Å². The van der Waals surface area contributed by atoms with Crippen LogP contribution in [0.25, 0.3) is 10.1 Å². The summed E-state index contributed by atoms with van der Waals surface area (Å²) in [4.78, 5) is 5.60. The van der Waals surface area contributed by atoms with Gasteiger partial charge in [0.2, 0.25) is 0 Å². The highest BCUT2D eigenvalue weighted by molar-refractivity contribution is 7.19. The summed E-state index contributed by atoms with van der Waals surface area (Å²) in [5, 5.41) is 22.7. The summed E-state index contributed by atoms with van der Waals surface area (Å²) < 4.78 is 3.11. The lowest BCUT2D eigenvalue weighted by Crippen LogP contribution is -2.39. The standard InChI is InChI=1S/C24H27N5OS/c1-2-25-24(27-15-21(30)23-12-20-10-6-7-11-22(20)31-23)26-13-19-14-28-29(17-19)16-18-8-4-3-5-9-18/h3-12,14,17,21,30H,2,13,15-16H2,1H3,(H2,25,26,27). The Morgan fingerprint density at radius 3 is 2.71 bits per heavy atom. The van der Waals surface area contributed by atoms with Crippen LogP contribution in [-0.4, -0.2) is 33.9 Å². The van der Waals surface area contributed by atoms with Crippen molar-refractivity contribution in [1.82, 2.24) is 20.4 Å². The lowest BCUT2D eigenvalue weighted by atomic mass is 10.2. The number of aliphatic hydroxyl groups is 1. The molecule has 0 bridgehead atoms. The first-order valence-corrected chi connectivity index (χ1v) is 11.3. The second-order valence-electron chi connectivity index (χ2n) is 7.31. The van der Waals surface area contributed by atoms with Gasteiger partial charge in [-0.1, -0.05) is 48.5 Å². The van der Waals surface area contributed by atoms with Crippen molar-refractivity contribution in [1.29, 1.82) is 0 Å². The van der Waals surface area contributed by atoms with Crippen LogP contribution in [0.4, 0.5) is 0 Å². The molecular weight excluding hydrogens is 406 g/mol. The van der Waals surface area contributed by atoms with E-state index in [0.29, 0.717) is 19.0 Å². The summed E-state index contributed by atoms with van der Waals surface area (Å²) in [5.74, 6) is 0.679. The van der Waals surface area contributed by atoms with Crippen LogP contribution in [0.3, 0.4) is 0 Å². The summed E-state index contributed by atoms with van der Waals surface area (Å²) in [5.41, 5.74) is 2.25. The Labute approximate surface area is 186 Å². The molecule has 4 rings (SSSR count). The Kier molecular flexibility index (Phi) is 6.96. The average Bonchev–Trinajstić information content (AvgIpc) is 3.43. The van der Waals surface area contributed by atoms with Gasteiger partial charge in [0.25, 0.3) is 0 Å². The number of hydrogen-bond acceptors (Lipinski definition) is 4. The number of nitrogens with zero attached hydrogens (tertiary/aromatic N) is 3. The molecular formula is C24H27N5OS. The van der Waals surface area contributed by atoms with Gasteiger partial charge in [-0.15, -0.1) is 11.3 Å². The number of rotatable bonds is 8. The van der Waals surface area contributed by atoms with Gasteiger partial charge >= 0.3 is 0 Å². The number of guanidine groups is 1.